The Morgan fingerprint density at radius 3 is 2.95 bits per heavy atom. The lowest BCUT2D eigenvalue weighted by atomic mass is 10.3. The molecule has 22 heavy (non-hydrogen) atoms. The third kappa shape index (κ3) is 3.12. The first-order valence-corrected chi connectivity index (χ1v) is 7.23. The van der Waals surface area contributed by atoms with Gasteiger partial charge in [0.1, 0.15) is 0 Å². The highest BCUT2D eigenvalue weighted by Crippen LogP contribution is 2.19. The van der Waals surface area contributed by atoms with Gasteiger partial charge in [0, 0.05) is 23.2 Å². The minimum Gasteiger partial charge on any atom is -0.481 e. The molecule has 0 unspecified atom stereocenters. The van der Waals surface area contributed by atoms with Crippen LogP contribution in [-0.4, -0.2) is 28.2 Å². The number of methoxy groups -OCH3 is 1. The summed E-state index contributed by atoms with van der Waals surface area (Å²) in [5.74, 6) is 0.605. The summed E-state index contributed by atoms with van der Waals surface area (Å²) in [6.07, 6.45) is 1.38. The molecule has 0 N–H and O–H groups in total. The fourth-order valence-electron chi connectivity index (χ4n) is 1.65. The molecule has 7 nitrogen and oxygen atoms in total. The van der Waals surface area contributed by atoms with Crippen molar-refractivity contribution in [3.8, 4) is 17.3 Å². The first-order valence-electron chi connectivity index (χ1n) is 6.28. The highest BCUT2D eigenvalue weighted by molar-refractivity contribution is 7.08. The summed E-state index contributed by atoms with van der Waals surface area (Å²) in [5, 5.41) is 7.66. The lowest BCUT2D eigenvalue weighted by Crippen LogP contribution is -2.06. The topological polar surface area (TPSA) is 87.3 Å². The van der Waals surface area contributed by atoms with Gasteiger partial charge in [-0.15, -0.1) is 0 Å². The molecular formula is C14H11N3O4S. The first-order chi connectivity index (χ1) is 10.8. The van der Waals surface area contributed by atoms with Crippen molar-refractivity contribution in [2.75, 3.05) is 7.11 Å². The van der Waals surface area contributed by atoms with E-state index in [1.54, 1.807) is 12.1 Å². The number of hydrogen-bond donors (Lipinski definition) is 0. The number of carbonyl (C=O) groups is 1. The summed E-state index contributed by atoms with van der Waals surface area (Å²) in [5.41, 5.74) is 1.18. The SMILES string of the molecule is COc1ccc(C(=O)OCc2nc(-c3ccsc3)no2)cn1. The van der Waals surface area contributed by atoms with Crippen molar-refractivity contribution in [2.24, 2.45) is 0 Å². The number of hydrogen-bond acceptors (Lipinski definition) is 8. The van der Waals surface area contributed by atoms with E-state index in [-0.39, 0.29) is 12.5 Å². The van der Waals surface area contributed by atoms with Crippen molar-refractivity contribution < 1.29 is 18.8 Å². The van der Waals surface area contributed by atoms with Gasteiger partial charge in [0.05, 0.1) is 12.7 Å². The van der Waals surface area contributed by atoms with Gasteiger partial charge in [-0.3, -0.25) is 0 Å². The van der Waals surface area contributed by atoms with Crippen molar-refractivity contribution >= 4 is 17.3 Å². The van der Waals surface area contributed by atoms with E-state index in [1.807, 2.05) is 16.8 Å². The van der Waals surface area contributed by atoms with Gasteiger partial charge in [0.25, 0.3) is 5.89 Å². The van der Waals surface area contributed by atoms with Crippen molar-refractivity contribution in [3.63, 3.8) is 0 Å². The predicted octanol–water partition coefficient (Wildman–Crippen LogP) is 2.56. The molecule has 0 radical (unpaired) electrons. The van der Waals surface area contributed by atoms with E-state index >= 15 is 0 Å². The molecule has 3 aromatic heterocycles. The summed E-state index contributed by atoms with van der Waals surface area (Å²) in [4.78, 5) is 20.0. The van der Waals surface area contributed by atoms with Crippen LogP contribution in [0.4, 0.5) is 0 Å². The molecule has 0 saturated heterocycles. The van der Waals surface area contributed by atoms with Crippen molar-refractivity contribution in [3.05, 3.63) is 46.6 Å². The summed E-state index contributed by atoms with van der Waals surface area (Å²) >= 11 is 1.54. The van der Waals surface area contributed by atoms with Gasteiger partial charge in [0.15, 0.2) is 6.61 Å². The maximum absolute atomic E-state index is 11.9. The number of esters is 1. The quantitative estimate of drug-likeness (QED) is 0.668. The van der Waals surface area contributed by atoms with Gasteiger partial charge in [0.2, 0.25) is 11.7 Å². The fraction of sp³-hybridized carbons (Fsp3) is 0.143. The van der Waals surface area contributed by atoms with E-state index in [9.17, 15) is 4.79 Å². The maximum Gasteiger partial charge on any atom is 0.340 e. The number of pyridine rings is 1. The molecule has 8 heteroatoms. The van der Waals surface area contributed by atoms with Crippen LogP contribution >= 0.6 is 11.3 Å². The van der Waals surface area contributed by atoms with E-state index in [2.05, 4.69) is 15.1 Å². The van der Waals surface area contributed by atoms with Crippen molar-refractivity contribution in [1.82, 2.24) is 15.1 Å². The van der Waals surface area contributed by atoms with Crippen molar-refractivity contribution in [2.45, 2.75) is 6.61 Å². The highest BCUT2D eigenvalue weighted by atomic mass is 32.1. The van der Waals surface area contributed by atoms with E-state index in [1.165, 1.54) is 24.6 Å². The smallest absolute Gasteiger partial charge is 0.340 e. The number of nitrogens with zero attached hydrogens (tertiary/aromatic N) is 3. The molecule has 0 aromatic carbocycles. The normalized spacial score (nSPS) is 10.4. The second kappa shape index (κ2) is 6.35. The molecule has 0 bridgehead atoms. The molecule has 0 aliphatic heterocycles. The van der Waals surface area contributed by atoms with E-state index in [0.717, 1.165) is 5.56 Å². The van der Waals surface area contributed by atoms with Crippen LogP contribution < -0.4 is 4.74 Å². The van der Waals surface area contributed by atoms with Crippen LogP contribution in [0.5, 0.6) is 5.88 Å². The molecule has 3 heterocycles. The lowest BCUT2D eigenvalue weighted by Gasteiger charge is -2.02. The standard InChI is InChI=1S/C14H11N3O4S/c1-19-11-3-2-9(6-15-11)14(18)20-7-12-16-13(17-21-12)10-4-5-22-8-10/h2-6,8H,7H2,1H3. The summed E-state index contributed by atoms with van der Waals surface area (Å²) in [7, 11) is 1.50. The second-order valence-electron chi connectivity index (χ2n) is 4.19. The Kier molecular flexibility index (Phi) is 4.10. The predicted molar refractivity (Wildman–Crippen MR) is 77.5 cm³/mol. The molecule has 0 saturated carbocycles. The summed E-state index contributed by atoms with van der Waals surface area (Å²) in [6, 6.07) is 5.03. The average molecular weight is 317 g/mol. The largest absolute Gasteiger partial charge is 0.481 e. The number of thiophene rings is 1. The Balaban J connectivity index is 1.61. The Morgan fingerprint density at radius 1 is 1.36 bits per heavy atom. The van der Waals surface area contributed by atoms with Crippen molar-refractivity contribution in [1.29, 1.82) is 0 Å². The van der Waals surface area contributed by atoms with Gasteiger partial charge in [-0.05, 0) is 17.5 Å². The molecule has 0 amide bonds. The Hall–Kier alpha value is -2.74. The Labute approximate surface area is 129 Å². The number of ether oxygens (including phenoxy) is 2. The van der Waals surface area contributed by atoms with Crippen LogP contribution in [0.2, 0.25) is 0 Å². The second-order valence-corrected chi connectivity index (χ2v) is 4.97. The zero-order chi connectivity index (χ0) is 15.4. The van der Waals surface area contributed by atoms with Crippen LogP contribution in [0.25, 0.3) is 11.4 Å². The molecule has 0 aliphatic rings. The van der Waals surface area contributed by atoms with E-state index in [4.69, 9.17) is 14.0 Å². The minimum atomic E-state index is -0.523. The lowest BCUT2D eigenvalue weighted by molar-refractivity contribution is 0.0429. The van der Waals surface area contributed by atoms with E-state index in [0.29, 0.717) is 17.3 Å². The number of rotatable bonds is 5. The van der Waals surface area contributed by atoms with Gasteiger partial charge < -0.3 is 14.0 Å². The zero-order valence-electron chi connectivity index (χ0n) is 11.6. The monoisotopic (exact) mass is 317 g/mol. The van der Waals surface area contributed by atoms with Crippen LogP contribution in [0.15, 0.2) is 39.7 Å². The molecule has 0 aliphatic carbocycles. The highest BCUT2D eigenvalue weighted by Gasteiger charge is 2.13. The summed E-state index contributed by atoms with van der Waals surface area (Å²) < 4.78 is 15.1. The molecule has 3 rings (SSSR count). The number of carbonyl (C=O) groups excluding carboxylic acids is 1. The van der Waals surface area contributed by atoms with Crippen LogP contribution in [0.1, 0.15) is 16.2 Å². The molecule has 3 aromatic rings. The Bertz CT molecular complexity index is 753. The van der Waals surface area contributed by atoms with Crippen LogP contribution in [0, 0.1) is 0 Å². The molecular weight excluding hydrogens is 306 g/mol. The van der Waals surface area contributed by atoms with Gasteiger partial charge >= 0.3 is 5.97 Å². The van der Waals surface area contributed by atoms with Gasteiger partial charge in [-0.25, -0.2) is 9.78 Å². The molecule has 0 atom stereocenters. The van der Waals surface area contributed by atoms with Crippen LogP contribution in [0.3, 0.4) is 0 Å². The maximum atomic E-state index is 11.9. The molecule has 0 fully saturated rings. The minimum absolute atomic E-state index is 0.0952. The van der Waals surface area contributed by atoms with Gasteiger partial charge in [-0.1, -0.05) is 5.16 Å². The summed E-state index contributed by atoms with van der Waals surface area (Å²) in [6.45, 7) is -0.0952. The van der Waals surface area contributed by atoms with Crippen LogP contribution in [-0.2, 0) is 11.3 Å². The third-order valence-corrected chi connectivity index (χ3v) is 3.44. The number of aromatic nitrogens is 3. The third-order valence-electron chi connectivity index (χ3n) is 2.76. The first kappa shape index (κ1) is 14.2. The van der Waals surface area contributed by atoms with E-state index < -0.39 is 5.97 Å². The Morgan fingerprint density at radius 2 is 2.27 bits per heavy atom. The molecule has 112 valence electrons. The zero-order valence-corrected chi connectivity index (χ0v) is 12.4. The van der Waals surface area contributed by atoms with Gasteiger partial charge in [-0.2, -0.15) is 16.3 Å². The fourth-order valence-corrected chi connectivity index (χ4v) is 2.29. The molecule has 0 spiro atoms. The average Bonchev–Trinajstić information content (AvgIpc) is 3.23.